The molecule has 0 saturated carbocycles. The van der Waals surface area contributed by atoms with Crippen LogP contribution in [0.2, 0.25) is 0 Å². The Kier molecular flexibility index (Phi) is 3.71. The van der Waals surface area contributed by atoms with Crippen molar-refractivity contribution in [2.24, 2.45) is 14.1 Å². The van der Waals surface area contributed by atoms with Crippen LogP contribution in [0.3, 0.4) is 0 Å². The molecule has 0 atom stereocenters. The average molecular weight is 333 g/mol. The zero-order valence-electron chi connectivity index (χ0n) is 14.3. The number of methoxy groups -OCH3 is 1. The predicted octanol–water partition coefficient (Wildman–Crippen LogP) is 2.43. The van der Waals surface area contributed by atoms with Crippen LogP contribution >= 0.6 is 0 Å². The van der Waals surface area contributed by atoms with E-state index < -0.39 is 11.4 Å². The number of ether oxygens (including phenoxy) is 1. The van der Waals surface area contributed by atoms with Crippen LogP contribution in [-0.2, 0) is 19.7 Å². The molecule has 8 heteroatoms. The summed E-state index contributed by atoms with van der Waals surface area (Å²) in [5.74, 6) is 0.298. The number of rotatable bonds is 4. The van der Waals surface area contributed by atoms with Crippen LogP contribution in [0.5, 0.6) is 5.88 Å². The van der Waals surface area contributed by atoms with Crippen molar-refractivity contribution < 1.29 is 14.2 Å². The van der Waals surface area contributed by atoms with Crippen molar-refractivity contribution in [1.82, 2.24) is 19.6 Å². The Labute approximate surface area is 138 Å². The van der Waals surface area contributed by atoms with Crippen molar-refractivity contribution in [3.63, 3.8) is 0 Å². The highest BCUT2D eigenvalue weighted by atomic mass is 19.1. The van der Waals surface area contributed by atoms with Gasteiger partial charge in [-0.15, -0.1) is 5.10 Å². The number of aromatic nitrogens is 4. The van der Waals surface area contributed by atoms with E-state index in [1.54, 1.807) is 49.6 Å². The molecule has 128 valence electrons. The van der Waals surface area contributed by atoms with Crippen molar-refractivity contribution in [2.45, 2.75) is 19.4 Å². The van der Waals surface area contributed by atoms with Gasteiger partial charge in [-0.3, -0.25) is 9.36 Å². The Morgan fingerprint density at radius 1 is 1.25 bits per heavy atom. The maximum absolute atomic E-state index is 14.7. The van der Waals surface area contributed by atoms with Crippen molar-refractivity contribution in [2.75, 3.05) is 12.4 Å². The van der Waals surface area contributed by atoms with Crippen LogP contribution < -0.4 is 10.1 Å². The molecule has 0 aliphatic carbocycles. The van der Waals surface area contributed by atoms with E-state index in [1.165, 1.54) is 13.2 Å². The maximum atomic E-state index is 14.7. The predicted molar refractivity (Wildman–Crippen MR) is 89.0 cm³/mol. The van der Waals surface area contributed by atoms with Gasteiger partial charge in [-0.2, -0.15) is 5.10 Å². The molecule has 7 nitrogen and oxygen atoms in total. The molecule has 1 aromatic carbocycles. The molecule has 24 heavy (non-hydrogen) atoms. The van der Waals surface area contributed by atoms with Crippen LogP contribution in [0.1, 0.15) is 19.4 Å². The molecule has 0 fully saturated rings. The molecule has 0 amide bonds. The third kappa shape index (κ3) is 2.69. The number of hydrogen-bond acceptors (Lipinski definition) is 5. The van der Waals surface area contributed by atoms with Crippen LogP contribution in [0.15, 0.2) is 18.3 Å². The summed E-state index contributed by atoms with van der Waals surface area (Å²) in [5.41, 5.74) is 0.517. The minimum atomic E-state index is -1.14. The molecule has 0 spiro atoms. The topological polar surface area (TPSA) is 77.1 Å². The summed E-state index contributed by atoms with van der Waals surface area (Å²) in [5, 5.41) is 22.0. The molecule has 0 unspecified atom stereocenters. The number of aliphatic hydroxyl groups is 1. The van der Waals surface area contributed by atoms with Gasteiger partial charge >= 0.3 is 0 Å². The van der Waals surface area contributed by atoms with Crippen molar-refractivity contribution in [3.8, 4) is 5.88 Å². The van der Waals surface area contributed by atoms with E-state index in [9.17, 15) is 9.50 Å². The van der Waals surface area contributed by atoms with Crippen molar-refractivity contribution >= 4 is 22.4 Å². The molecular formula is C16H20FN5O2. The third-order valence-corrected chi connectivity index (χ3v) is 3.85. The Morgan fingerprint density at radius 3 is 2.58 bits per heavy atom. The lowest BCUT2D eigenvalue weighted by atomic mass is 9.97. The number of nitrogens with one attached hydrogen (secondary N) is 1. The van der Waals surface area contributed by atoms with E-state index in [0.717, 1.165) is 0 Å². The first-order valence-corrected chi connectivity index (χ1v) is 7.44. The summed E-state index contributed by atoms with van der Waals surface area (Å²) in [6.07, 6.45) is 1.72. The van der Waals surface area contributed by atoms with Crippen LogP contribution in [0.4, 0.5) is 15.9 Å². The van der Waals surface area contributed by atoms with Gasteiger partial charge in [0.25, 0.3) is 5.88 Å². The zero-order valence-corrected chi connectivity index (χ0v) is 14.3. The van der Waals surface area contributed by atoms with E-state index in [-0.39, 0.29) is 0 Å². The van der Waals surface area contributed by atoms with Crippen molar-refractivity contribution in [1.29, 1.82) is 0 Å². The maximum Gasteiger partial charge on any atom is 0.256 e. The van der Waals surface area contributed by atoms with Crippen LogP contribution in [-0.4, -0.2) is 31.8 Å². The average Bonchev–Trinajstić information content (AvgIpc) is 2.99. The highest BCUT2D eigenvalue weighted by molar-refractivity contribution is 5.93. The summed E-state index contributed by atoms with van der Waals surface area (Å²) in [6, 6.07) is 3.06. The lowest BCUT2D eigenvalue weighted by Gasteiger charge is -2.18. The van der Waals surface area contributed by atoms with E-state index in [2.05, 4.69) is 15.5 Å². The normalized spacial score (nSPS) is 12.0. The molecule has 0 aliphatic heterocycles. The molecule has 3 aromatic rings. The lowest BCUT2D eigenvalue weighted by molar-refractivity contribution is 0.0784. The molecule has 3 rings (SSSR count). The first kappa shape index (κ1) is 16.3. The highest BCUT2D eigenvalue weighted by Gasteiger charge is 2.22. The van der Waals surface area contributed by atoms with E-state index >= 15 is 0 Å². The third-order valence-electron chi connectivity index (χ3n) is 3.85. The fraction of sp³-hybridized carbons (Fsp3) is 0.375. The SMILES string of the molecule is COc1nn(C)cc1Nc1nn(C)c2cc(C(C)(C)O)cc(F)c12. The number of nitrogens with zero attached hydrogens (tertiary/aromatic N) is 4. The first-order chi connectivity index (χ1) is 11.2. The largest absolute Gasteiger partial charge is 0.478 e. The van der Waals surface area contributed by atoms with Crippen LogP contribution in [0.25, 0.3) is 10.9 Å². The minimum Gasteiger partial charge on any atom is -0.478 e. The standard InChI is InChI=1S/C16H20FN5O2/c1-16(2,23)9-6-10(17)13-12(7-9)22(4)19-14(13)18-11-8-21(3)20-15(11)24-5/h6-8,23H,1-5H3,(H,18,19). The zero-order chi connectivity index (χ0) is 17.6. The number of halogens is 1. The van der Waals surface area contributed by atoms with Gasteiger partial charge in [-0.1, -0.05) is 0 Å². The fourth-order valence-electron chi connectivity index (χ4n) is 2.61. The monoisotopic (exact) mass is 333 g/mol. The molecule has 0 radical (unpaired) electrons. The van der Waals surface area contributed by atoms with E-state index in [0.29, 0.717) is 33.9 Å². The number of anilines is 2. The Balaban J connectivity index is 2.13. The second kappa shape index (κ2) is 5.48. The first-order valence-electron chi connectivity index (χ1n) is 7.44. The number of hydrogen-bond donors (Lipinski definition) is 2. The van der Waals surface area contributed by atoms with Gasteiger partial charge in [0.1, 0.15) is 11.5 Å². The van der Waals surface area contributed by atoms with E-state index in [1.807, 2.05) is 0 Å². The Morgan fingerprint density at radius 2 is 1.96 bits per heavy atom. The second-order valence-electron chi connectivity index (χ2n) is 6.23. The molecule has 2 aromatic heterocycles. The second-order valence-corrected chi connectivity index (χ2v) is 6.23. The summed E-state index contributed by atoms with van der Waals surface area (Å²) in [4.78, 5) is 0. The molecule has 0 saturated heterocycles. The van der Waals surface area contributed by atoms with Gasteiger partial charge in [-0.05, 0) is 31.5 Å². The quantitative estimate of drug-likeness (QED) is 0.767. The van der Waals surface area contributed by atoms with Crippen molar-refractivity contribution in [3.05, 3.63) is 29.7 Å². The smallest absolute Gasteiger partial charge is 0.256 e. The van der Waals surface area contributed by atoms with E-state index in [4.69, 9.17) is 4.74 Å². The van der Waals surface area contributed by atoms with Gasteiger partial charge in [0.2, 0.25) is 0 Å². The van der Waals surface area contributed by atoms with Gasteiger partial charge in [0.15, 0.2) is 5.82 Å². The highest BCUT2D eigenvalue weighted by Crippen LogP contribution is 2.33. The van der Waals surface area contributed by atoms with Gasteiger partial charge in [-0.25, -0.2) is 4.39 Å². The molecular weight excluding hydrogens is 313 g/mol. The number of fused-ring (bicyclic) bond motifs is 1. The summed E-state index contributed by atoms with van der Waals surface area (Å²) in [7, 11) is 5.00. The number of benzene rings is 1. The molecule has 2 heterocycles. The molecule has 0 bridgehead atoms. The molecule has 2 N–H and O–H groups in total. The molecule has 0 aliphatic rings. The Bertz CT molecular complexity index is 907. The minimum absolute atomic E-state index is 0.344. The van der Waals surface area contributed by atoms with Gasteiger partial charge in [0.05, 0.1) is 29.8 Å². The van der Waals surface area contributed by atoms with Gasteiger partial charge in [0, 0.05) is 14.1 Å². The van der Waals surface area contributed by atoms with Crippen LogP contribution in [0, 0.1) is 5.82 Å². The van der Waals surface area contributed by atoms with Gasteiger partial charge < -0.3 is 15.2 Å². The summed E-state index contributed by atoms with van der Waals surface area (Å²) >= 11 is 0. The number of aryl methyl sites for hydroxylation is 2. The summed E-state index contributed by atoms with van der Waals surface area (Å²) in [6.45, 7) is 3.23. The fourth-order valence-corrected chi connectivity index (χ4v) is 2.61. The Hall–Kier alpha value is -2.61. The lowest BCUT2D eigenvalue weighted by Crippen LogP contribution is -2.15. The summed E-state index contributed by atoms with van der Waals surface area (Å²) < 4.78 is 23.0.